The lowest BCUT2D eigenvalue weighted by Gasteiger charge is -2.41. The van der Waals surface area contributed by atoms with Crippen molar-refractivity contribution >= 4 is 17.7 Å². The van der Waals surface area contributed by atoms with Crippen LogP contribution in [0.15, 0.2) is 41.8 Å². The Morgan fingerprint density at radius 3 is 2.75 bits per heavy atom. The van der Waals surface area contributed by atoms with Gasteiger partial charge in [0.25, 0.3) is 0 Å². The Morgan fingerprint density at radius 1 is 1.32 bits per heavy atom. The smallest absolute Gasteiger partial charge is 0.313 e. The summed E-state index contributed by atoms with van der Waals surface area (Å²) in [7, 11) is 0. The Kier molecular flexibility index (Phi) is 7.02. The van der Waals surface area contributed by atoms with E-state index in [2.05, 4.69) is 14.9 Å². The minimum atomic E-state index is -0.740. The quantitative estimate of drug-likeness (QED) is 0.399. The maximum atomic E-state index is 14.3. The Labute approximate surface area is 169 Å². The summed E-state index contributed by atoms with van der Waals surface area (Å²) < 4.78 is 19.7. The lowest BCUT2D eigenvalue weighted by Crippen LogP contribution is -2.49. The first kappa shape index (κ1) is 20.7. The highest BCUT2D eigenvalue weighted by molar-refractivity contribution is 7.98. The number of carbonyl (C=O) groups excluding carboxylic acids is 1. The Hall–Kier alpha value is -1.99. The van der Waals surface area contributed by atoms with Crippen LogP contribution in [0.25, 0.3) is 0 Å². The van der Waals surface area contributed by atoms with E-state index < -0.39 is 5.41 Å². The molecule has 0 aliphatic carbocycles. The molecule has 0 radical (unpaired) electrons. The van der Waals surface area contributed by atoms with Gasteiger partial charge in [0, 0.05) is 31.0 Å². The van der Waals surface area contributed by atoms with Gasteiger partial charge in [-0.15, -0.1) is 0 Å². The summed E-state index contributed by atoms with van der Waals surface area (Å²) in [6.45, 7) is 4.20. The molecular formula is C21H26FN3O2S. The normalized spacial score (nSPS) is 20.1. The molecule has 2 heterocycles. The van der Waals surface area contributed by atoms with Gasteiger partial charge in [-0.25, -0.2) is 14.4 Å². The molecule has 2 aromatic rings. The molecule has 1 aliphatic rings. The van der Waals surface area contributed by atoms with Gasteiger partial charge in [0.2, 0.25) is 0 Å². The third-order valence-electron chi connectivity index (χ3n) is 5.12. The molecule has 0 N–H and O–H groups in total. The van der Waals surface area contributed by atoms with Crippen molar-refractivity contribution in [3.63, 3.8) is 0 Å². The predicted molar refractivity (Wildman–Crippen MR) is 107 cm³/mol. The second-order valence-electron chi connectivity index (χ2n) is 7.16. The minimum absolute atomic E-state index is 0.239. The number of aromatic nitrogens is 2. The number of hydrogen-bond donors (Lipinski definition) is 0. The molecule has 0 amide bonds. The molecule has 3 rings (SSSR count). The van der Waals surface area contributed by atoms with Crippen molar-refractivity contribution in [1.82, 2.24) is 14.9 Å². The van der Waals surface area contributed by atoms with E-state index in [9.17, 15) is 9.18 Å². The lowest BCUT2D eigenvalue weighted by atomic mass is 9.75. The minimum Gasteiger partial charge on any atom is -0.466 e. The molecule has 1 aliphatic heterocycles. The highest BCUT2D eigenvalue weighted by Gasteiger charge is 2.44. The van der Waals surface area contributed by atoms with E-state index >= 15 is 0 Å². The van der Waals surface area contributed by atoms with Crippen LogP contribution in [0.1, 0.15) is 30.9 Å². The van der Waals surface area contributed by atoms with Crippen LogP contribution in [-0.4, -0.2) is 46.8 Å². The molecule has 150 valence electrons. The Bertz CT molecular complexity index is 802. The van der Waals surface area contributed by atoms with Gasteiger partial charge in [0.15, 0.2) is 5.16 Å². The third-order valence-corrected chi connectivity index (χ3v) is 5.70. The van der Waals surface area contributed by atoms with Crippen molar-refractivity contribution in [2.75, 3.05) is 26.0 Å². The van der Waals surface area contributed by atoms with E-state index in [4.69, 9.17) is 4.74 Å². The van der Waals surface area contributed by atoms with E-state index in [0.29, 0.717) is 38.1 Å². The number of likely N-dealkylation sites (tertiary alicyclic amines) is 1. The van der Waals surface area contributed by atoms with Crippen LogP contribution in [0.2, 0.25) is 0 Å². The van der Waals surface area contributed by atoms with Crippen LogP contribution in [0.4, 0.5) is 4.39 Å². The Balaban J connectivity index is 1.80. The number of piperidine rings is 1. The van der Waals surface area contributed by atoms with E-state index in [1.807, 2.05) is 24.7 Å². The average molecular weight is 404 g/mol. The van der Waals surface area contributed by atoms with Gasteiger partial charge in [0.05, 0.1) is 12.0 Å². The van der Waals surface area contributed by atoms with Gasteiger partial charge in [-0.3, -0.25) is 9.69 Å². The van der Waals surface area contributed by atoms with Crippen molar-refractivity contribution in [1.29, 1.82) is 0 Å². The summed E-state index contributed by atoms with van der Waals surface area (Å²) >= 11 is 1.50. The SMILES string of the molecule is CCOC(=O)[C@]1(Cc2ccccc2F)CCCN(Cc2cnc(SC)nc2)C1. The monoisotopic (exact) mass is 403 g/mol. The zero-order valence-corrected chi connectivity index (χ0v) is 17.2. The number of benzene rings is 1. The average Bonchev–Trinajstić information content (AvgIpc) is 2.71. The summed E-state index contributed by atoms with van der Waals surface area (Å²) in [5, 5.41) is 0.739. The maximum absolute atomic E-state index is 14.3. The first-order valence-corrected chi connectivity index (χ1v) is 10.8. The molecule has 1 saturated heterocycles. The van der Waals surface area contributed by atoms with Gasteiger partial charge in [-0.05, 0) is 50.6 Å². The highest BCUT2D eigenvalue weighted by atomic mass is 32.2. The fraction of sp³-hybridized carbons (Fsp3) is 0.476. The van der Waals surface area contributed by atoms with E-state index in [0.717, 1.165) is 23.7 Å². The van der Waals surface area contributed by atoms with E-state index in [1.54, 1.807) is 19.1 Å². The summed E-state index contributed by atoms with van der Waals surface area (Å²) in [6.07, 6.45) is 7.50. The topological polar surface area (TPSA) is 55.3 Å². The molecule has 5 nitrogen and oxygen atoms in total. The van der Waals surface area contributed by atoms with Crippen molar-refractivity contribution < 1.29 is 13.9 Å². The molecule has 7 heteroatoms. The highest BCUT2D eigenvalue weighted by Crippen LogP contribution is 2.36. The van der Waals surface area contributed by atoms with Crippen molar-refractivity contribution in [2.45, 2.75) is 37.9 Å². The van der Waals surface area contributed by atoms with E-state index in [1.165, 1.54) is 17.8 Å². The molecule has 1 aromatic heterocycles. The fourth-order valence-corrected chi connectivity index (χ4v) is 4.14. The number of nitrogens with zero attached hydrogens (tertiary/aromatic N) is 3. The second kappa shape index (κ2) is 9.47. The van der Waals surface area contributed by atoms with Crippen LogP contribution in [0, 0.1) is 11.2 Å². The number of hydrogen-bond acceptors (Lipinski definition) is 6. The molecule has 0 spiro atoms. The van der Waals surface area contributed by atoms with Gasteiger partial charge in [-0.1, -0.05) is 30.0 Å². The number of carbonyl (C=O) groups is 1. The summed E-state index contributed by atoms with van der Waals surface area (Å²) in [5.41, 5.74) is 0.824. The second-order valence-corrected chi connectivity index (χ2v) is 7.93. The number of thioether (sulfide) groups is 1. The van der Waals surface area contributed by atoms with Gasteiger partial charge in [0.1, 0.15) is 5.82 Å². The van der Waals surface area contributed by atoms with Crippen LogP contribution >= 0.6 is 11.8 Å². The molecule has 0 saturated carbocycles. The van der Waals surface area contributed by atoms with Crippen molar-refractivity contribution in [3.05, 3.63) is 53.6 Å². The molecule has 0 unspecified atom stereocenters. The van der Waals surface area contributed by atoms with Crippen LogP contribution in [0.3, 0.4) is 0 Å². The molecular weight excluding hydrogens is 377 g/mol. The third kappa shape index (κ3) is 4.89. The van der Waals surface area contributed by atoms with Crippen LogP contribution < -0.4 is 0 Å². The Morgan fingerprint density at radius 2 is 2.07 bits per heavy atom. The largest absolute Gasteiger partial charge is 0.466 e. The molecule has 0 bridgehead atoms. The number of rotatable bonds is 7. The summed E-state index contributed by atoms with van der Waals surface area (Å²) in [4.78, 5) is 23.8. The zero-order chi connectivity index (χ0) is 20.0. The number of esters is 1. The van der Waals surface area contributed by atoms with Gasteiger partial charge in [-0.2, -0.15) is 0 Å². The standard InChI is InChI=1S/C21H26FN3O2S/c1-3-27-19(26)21(11-17-7-4-5-8-18(17)22)9-6-10-25(15-21)14-16-12-23-20(28-2)24-13-16/h4-5,7-8,12-13H,3,6,9-11,14-15H2,1-2H3/t21-/m0/s1. The van der Waals surface area contributed by atoms with Crippen LogP contribution in [0.5, 0.6) is 0 Å². The number of halogens is 1. The van der Waals surface area contributed by atoms with Crippen LogP contribution in [-0.2, 0) is 22.5 Å². The molecule has 1 fully saturated rings. The van der Waals surface area contributed by atoms with Crippen molar-refractivity contribution in [2.24, 2.45) is 5.41 Å². The first-order chi connectivity index (χ1) is 13.6. The van der Waals surface area contributed by atoms with Gasteiger partial charge >= 0.3 is 5.97 Å². The fourth-order valence-electron chi connectivity index (χ4n) is 3.82. The zero-order valence-electron chi connectivity index (χ0n) is 16.4. The number of ether oxygens (including phenoxy) is 1. The van der Waals surface area contributed by atoms with Crippen molar-refractivity contribution in [3.8, 4) is 0 Å². The molecule has 1 aromatic carbocycles. The lowest BCUT2D eigenvalue weighted by molar-refractivity contribution is -0.159. The molecule has 1 atom stereocenters. The van der Waals surface area contributed by atoms with E-state index in [-0.39, 0.29) is 11.8 Å². The maximum Gasteiger partial charge on any atom is 0.313 e. The summed E-state index contributed by atoms with van der Waals surface area (Å²) in [6, 6.07) is 6.67. The van der Waals surface area contributed by atoms with Gasteiger partial charge < -0.3 is 4.74 Å². The predicted octanol–water partition coefficient (Wildman–Crippen LogP) is 3.73. The summed E-state index contributed by atoms with van der Waals surface area (Å²) in [5.74, 6) is -0.513. The first-order valence-electron chi connectivity index (χ1n) is 9.54. The molecule has 28 heavy (non-hydrogen) atoms.